The maximum absolute atomic E-state index is 12.4. The van der Waals surface area contributed by atoms with Gasteiger partial charge in [-0.15, -0.1) is 0 Å². The topological polar surface area (TPSA) is 104 Å². The summed E-state index contributed by atoms with van der Waals surface area (Å²) in [5.74, 6) is -1.31. The fraction of sp³-hybridized carbons (Fsp3) is 0.125. The van der Waals surface area contributed by atoms with Gasteiger partial charge >= 0.3 is 11.9 Å². The van der Waals surface area contributed by atoms with E-state index in [1.54, 1.807) is 12.1 Å². The molecule has 0 bridgehead atoms. The first-order chi connectivity index (χ1) is 15.5. The lowest BCUT2D eigenvalue weighted by molar-refractivity contribution is -0.119. The van der Waals surface area contributed by atoms with Crippen LogP contribution in [-0.4, -0.2) is 38.7 Å². The zero-order chi connectivity index (χ0) is 22.7. The van der Waals surface area contributed by atoms with Crippen LogP contribution in [-0.2, 0) is 14.3 Å². The minimum Gasteiger partial charge on any atom is -0.495 e. The molecule has 0 atom stereocenters. The fourth-order valence-corrected chi connectivity index (χ4v) is 3.28. The molecule has 3 aromatic carbocycles. The molecule has 1 amide bonds. The van der Waals surface area contributed by atoms with Crippen molar-refractivity contribution in [2.75, 3.05) is 26.1 Å². The molecule has 0 radical (unpaired) electrons. The summed E-state index contributed by atoms with van der Waals surface area (Å²) in [6, 6.07) is 16.8. The second-order valence-corrected chi connectivity index (χ2v) is 6.84. The van der Waals surface area contributed by atoms with Crippen molar-refractivity contribution < 1.29 is 33.0 Å². The number of fused-ring (bicyclic) bond motifs is 3. The van der Waals surface area contributed by atoms with E-state index in [9.17, 15) is 14.4 Å². The Labute approximate surface area is 182 Å². The number of carbonyl (C=O) groups excluding carboxylic acids is 3. The van der Waals surface area contributed by atoms with Gasteiger partial charge in [-0.25, -0.2) is 9.59 Å². The van der Waals surface area contributed by atoms with E-state index in [1.807, 2.05) is 24.3 Å². The molecule has 1 heterocycles. The summed E-state index contributed by atoms with van der Waals surface area (Å²) in [6.07, 6.45) is 0. The number of benzene rings is 3. The number of nitrogens with one attached hydrogen (secondary N) is 1. The third kappa shape index (κ3) is 4.11. The highest BCUT2D eigenvalue weighted by Gasteiger charge is 2.16. The molecule has 0 aliphatic heterocycles. The number of rotatable bonds is 6. The summed E-state index contributed by atoms with van der Waals surface area (Å²) in [5, 5.41) is 4.47. The summed E-state index contributed by atoms with van der Waals surface area (Å²) < 4.78 is 20.9. The Morgan fingerprint density at radius 2 is 1.53 bits per heavy atom. The molecular formula is C24H19NO7. The lowest BCUT2D eigenvalue weighted by Gasteiger charge is -2.11. The van der Waals surface area contributed by atoms with Crippen LogP contribution in [0.25, 0.3) is 21.9 Å². The van der Waals surface area contributed by atoms with Crippen molar-refractivity contribution >= 4 is 45.5 Å². The standard InChI is InChI=1S/C24H19NO7/c1-29-21-11-17-16-5-3-4-6-19(16)32-20(17)12-18(21)25-22(26)13-31-24(28)15-9-7-14(8-10-15)23(27)30-2/h3-12H,13H2,1-2H3,(H,25,26). The first-order valence-electron chi connectivity index (χ1n) is 9.65. The molecule has 162 valence electrons. The Kier molecular flexibility index (Phi) is 5.76. The van der Waals surface area contributed by atoms with Crippen molar-refractivity contribution in [3.63, 3.8) is 0 Å². The fourth-order valence-electron chi connectivity index (χ4n) is 3.28. The van der Waals surface area contributed by atoms with E-state index in [-0.39, 0.29) is 5.56 Å². The maximum atomic E-state index is 12.4. The third-order valence-electron chi connectivity index (χ3n) is 4.85. The van der Waals surface area contributed by atoms with Crippen LogP contribution in [0.3, 0.4) is 0 Å². The average molecular weight is 433 g/mol. The average Bonchev–Trinajstić information content (AvgIpc) is 3.18. The van der Waals surface area contributed by atoms with Gasteiger partial charge in [-0.05, 0) is 36.4 Å². The van der Waals surface area contributed by atoms with Crippen LogP contribution in [0.4, 0.5) is 5.69 Å². The van der Waals surface area contributed by atoms with Gasteiger partial charge in [0.05, 0.1) is 31.0 Å². The SMILES string of the molecule is COC(=O)c1ccc(C(=O)OCC(=O)Nc2cc3oc4ccccc4c3cc2OC)cc1. The van der Waals surface area contributed by atoms with Crippen molar-refractivity contribution in [1.29, 1.82) is 0 Å². The second kappa shape index (κ2) is 8.81. The van der Waals surface area contributed by atoms with E-state index in [1.165, 1.54) is 38.5 Å². The normalized spacial score (nSPS) is 10.7. The minimum absolute atomic E-state index is 0.201. The molecule has 1 aromatic heterocycles. The van der Waals surface area contributed by atoms with Crippen LogP contribution in [0.2, 0.25) is 0 Å². The molecule has 0 aliphatic rings. The highest BCUT2D eigenvalue weighted by molar-refractivity contribution is 6.08. The number of amides is 1. The molecule has 8 heteroatoms. The van der Waals surface area contributed by atoms with Gasteiger partial charge in [-0.2, -0.15) is 0 Å². The third-order valence-corrected chi connectivity index (χ3v) is 4.85. The smallest absolute Gasteiger partial charge is 0.338 e. The Morgan fingerprint density at radius 1 is 0.844 bits per heavy atom. The molecule has 1 N–H and O–H groups in total. The van der Waals surface area contributed by atoms with Gasteiger partial charge in [0.25, 0.3) is 5.91 Å². The number of furan rings is 1. The van der Waals surface area contributed by atoms with Gasteiger partial charge in [0, 0.05) is 16.8 Å². The van der Waals surface area contributed by atoms with Crippen molar-refractivity contribution in [3.8, 4) is 5.75 Å². The lowest BCUT2D eigenvalue weighted by atomic mass is 10.1. The molecule has 0 saturated carbocycles. The molecule has 0 unspecified atom stereocenters. The first-order valence-corrected chi connectivity index (χ1v) is 9.65. The molecule has 8 nitrogen and oxygen atoms in total. The predicted molar refractivity (Wildman–Crippen MR) is 117 cm³/mol. The quantitative estimate of drug-likeness (QED) is 0.455. The van der Waals surface area contributed by atoms with Crippen molar-refractivity contribution in [3.05, 3.63) is 71.8 Å². The molecule has 0 aliphatic carbocycles. The Morgan fingerprint density at radius 3 is 2.22 bits per heavy atom. The number of anilines is 1. The highest BCUT2D eigenvalue weighted by atomic mass is 16.5. The molecule has 32 heavy (non-hydrogen) atoms. The van der Waals surface area contributed by atoms with Crippen LogP contribution in [0.15, 0.2) is 65.1 Å². The highest BCUT2D eigenvalue weighted by Crippen LogP contribution is 2.36. The minimum atomic E-state index is -0.698. The zero-order valence-corrected chi connectivity index (χ0v) is 17.3. The van der Waals surface area contributed by atoms with E-state index in [0.29, 0.717) is 22.6 Å². The van der Waals surface area contributed by atoms with Gasteiger partial charge in [0.15, 0.2) is 6.61 Å². The molecular weight excluding hydrogens is 414 g/mol. The monoisotopic (exact) mass is 433 g/mol. The maximum Gasteiger partial charge on any atom is 0.338 e. The van der Waals surface area contributed by atoms with E-state index >= 15 is 0 Å². The van der Waals surface area contributed by atoms with Crippen LogP contribution in [0.1, 0.15) is 20.7 Å². The van der Waals surface area contributed by atoms with Gasteiger partial charge < -0.3 is 23.9 Å². The Balaban J connectivity index is 1.45. The van der Waals surface area contributed by atoms with E-state index in [2.05, 4.69) is 10.1 Å². The summed E-state index contributed by atoms with van der Waals surface area (Å²) in [5.41, 5.74) is 2.20. The Hall–Kier alpha value is -4.33. The van der Waals surface area contributed by atoms with Gasteiger partial charge in [0.2, 0.25) is 0 Å². The number of methoxy groups -OCH3 is 2. The van der Waals surface area contributed by atoms with E-state index in [0.717, 1.165) is 16.4 Å². The van der Waals surface area contributed by atoms with Crippen LogP contribution < -0.4 is 10.1 Å². The number of esters is 2. The zero-order valence-electron chi connectivity index (χ0n) is 17.3. The van der Waals surface area contributed by atoms with Crippen molar-refractivity contribution in [2.45, 2.75) is 0 Å². The summed E-state index contributed by atoms with van der Waals surface area (Å²) in [7, 11) is 2.77. The van der Waals surface area contributed by atoms with Crippen LogP contribution in [0, 0.1) is 0 Å². The number of para-hydroxylation sites is 1. The second-order valence-electron chi connectivity index (χ2n) is 6.84. The number of carbonyl (C=O) groups is 3. The largest absolute Gasteiger partial charge is 0.495 e. The predicted octanol–water partition coefficient (Wildman–Crippen LogP) is 4.18. The molecule has 0 spiro atoms. The number of hydrogen-bond acceptors (Lipinski definition) is 7. The van der Waals surface area contributed by atoms with Crippen LogP contribution in [0.5, 0.6) is 5.75 Å². The molecule has 4 rings (SSSR count). The van der Waals surface area contributed by atoms with Crippen molar-refractivity contribution in [1.82, 2.24) is 0 Å². The lowest BCUT2D eigenvalue weighted by Crippen LogP contribution is -2.21. The van der Waals surface area contributed by atoms with E-state index in [4.69, 9.17) is 13.9 Å². The van der Waals surface area contributed by atoms with Crippen LogP contribution >= 0.6 is 0 Å². The van der Waals surface area contributed by atoms with Crippen molar-refractivity contribution in [2.24, 2.45) is 0 Å². The number of hydrogen-bond donors (Lipinski definition) is 1. The number of ether oxygens (including phenoxy) is 3. The summed E-state index contributed by atoms with van der Waals surface area (Å²) in [6.45, 7) is -0.501. The van der Waals surface area contributed by atoms with Gasteiger partial charge in [0.1, 0.15) is 16.9 Å². The summed E-state index contributed by atoms with van der Waals surface area (Å²) in [4.78, 5) is 36.0. The summed E-state index contributed by atoms with van der Waals surface area (Å²) >= 11 is 0. The van der Waals surface area contributed by atoms with Gasteiger partial charge in [-0.3, -0.25) is 4.79 Å². The molecule has 0 fully saturated rings. The Bertz CT molecular complexity index is 1320. The molecule has 4 aromatic rings. The van der Waals surface area contributed by atoms with E-state index < -0.39 is 24.5 Å². The van der Waals surface area contributed by atoms with Gasteiger partial charge in [-0.1, -0.05) is 18.2 Å². The molecule has 0 saturated heterocycles. The first kappa shape index (κ1) is 20.9.